The second-order valence-electron chi connectivity index (χ2n) is 15.7. The topological polar surface area (TPSA) is 241 Å². The van der Waals surface area contributed by atoms with Crippen LogP contribution in [-0.4, -0.2) is 97.6 Å². The zero-order chi connectivity index (χ0) is 43.9. The largest absolute Gasteiger partial charge is 0.492 e. The smallest absolute Gasteiger partial charge is 0.326 e. The number of carboxylic acids is 1. The van der Waals surface area contributed by atoms with E-state index in [0.29, 0.717) is 66.0 Å². The fourth-order valence-corrected chi connectivity index (χ4v) is 7.41. The van der Waals surface area contributed by atoms with E-state index in [-0.39, 0.29) is 45.1 Å². The van der Waals surface area contributed by atoms with Crippen LogP contribution in [0.25, 0.3) is 11.1 Å². The van der Waals surface area contributed by atoms with Gasteiger partial charge >= 0.3 is 5.97 Å². The van der Waals surface area contributed by atoms with Gasteiger partial charge in [-0.15, -0.1) is 0 Å². The molecule has 1 heterocycles. The lowest BCUT2D eigenvalue weighted by Crippen LogP contribution is -2.54. The Balaban J connectivity index is 1.97. The van der Waals surface area contributed by atoms with Crippen LogP contribution in [0.5, 0.6) is 11.5 Å². The Hall–Kier alpha value is -4.73. The number of hydrogen-bond acceptors (Lipinski definition) is 10. The molecule has 0 radical (unpaired) electrons. The number of amides is 4. The third-order valence-electron chi connectivity index (χ3n) is 10.8. The van der Waals surface area contributed by atoms with Crippen LogP contribution in [0.4, 0.5) is 0 Å². The number of benzene rings is 2. The van der Waals surface area contributed by atoms with Crippen molar-refractivity contribution in [2.45, 2.75) is 141 Å². The van der Waals surface area contributed by atoms with Crippen LogP contribution in [0.1, 0.15) is 127 Å². The van der Waals surface area contributed by atoms with Crippen LogP contribution in [-0.2, 0) is 30.4 Å². The molecule has 0 aromatic heterocycles. The number of fused-ring (bicyclic) bond motifs is 5. The molecule has 0 saturated heterocycles. The summed E-state index contributed by atoms with van der Waals surface area (Å²) in [5.41, 5.74) is 19.4. The van der Waals surface area contributed by atoms with Crippen molar-refractivity contribution >= 4 is 29.6 Å². The molecule has 3 rings (SSSR count). The van der Waals surface area contributed by atoms with Gasteiger partial charge < -0.3 is 52.6 Å². The molecule has 0 aliphatic carbocycles. The van der Waals surface area contributed by atoms with E-state index in [1.54, 1.807) is 36.4 Å². The molecule has 4 bridgehead atoms. The standard InChI is InChI=1S/C45H71N7O8/c1-4-5-6-7-8-9-10-11-12-13-14-18-40(53)50-36(17-15-16-23-46)44(56)52(3)41-33-20-22-39(60-27-25-48)35(30-33)34-28-32(19-21-38(34)59-26-24-47)29-37(45(57)58)51-42(54)31(2)49-43(41)55/h19-22,28,30-31,36-37,41H,4-18,23-27,29,46-48H2,1-3H3,(H,49,55)(H,50,53)(H,51,54)(H,57,58)/t31-,36?,37-,41-/m0/s1. The third-order valence-corrected chi connectivity index (χ3v) is 10.8. The number of nitrogens with two attached hydrogens (primary N) is 3. The lowest BCUT2D eigenvalue weighted by atomic mass is 9.93. The molecule has 10 N–H and O–H groups in total. The van der Waals surface area contributed by atoms with Gasteiger partial charge in [0.05, 0.1) is 0 Å². The Kier molecular flexibility index (Phi) is 22.5. The molecule has 4 atom stereocenters. The molecule has 4 amide bonds. The molecular formula is C45H71N7O8. The van der Waals surface area contributed by atoms with Gasteiger partial charge in [-0.25, -0.2) is 4.79 Å². The van der Waals surface area contributed by atoms with E-state index in [9.17, 15) is 29.1 Å². The van der Waals surface area contributed by atoms with Crippen LogP contribution in [0.3, 0.4) is 0 Å². The minimum Gasteiger partial charge on any atom is -0.492 e. The zero-order valence-corrected chi connectivity index (χ0v) is 36.1. The normalized spacial score (nSPS) is 17.1. The van der Waals surface area contributed by atoms with Crippen molar-refractivity contribution < 1.29 is 38.6 Å². The highest BCUT2D eigenvalue weighted by atomic mass is 16.5. The van der Waals surface area contributed by atoms with Gasteiger partial charge in [0.2, 0.25) is 23.6 Å². The highest BCUT2D eigenvalue weighted by molar-refractivity contribution is 5.96. The second-order valence-corrected chi connectivity index (χ2v) is 15.7. The van der Waals surface area contributed by atoms with E-state index in [4.69, 9.17) is 26.7 Å². The van der Waals surface area contributed by atoms with Crippen LogP contribution >= 0.6 is 0 Å². The number of nitrogens with zero attached hydrogens (tertiary/aromatic N) is 1. The van der Waals surface area contributed by atoms with Gasteiger partial charge in [0.15, 0.2) is 0 Å². The number of aliphatic carboxylic acids is 1. The molecule has 2 aromatic rings. The monoisotopic (exact) mass is 838 g/mol. The van der Waals surface area contributed by atoms with Gasteiger partial charge in [-0.05, 0) is 74.5 Å². The lowest BCUT2D eigenvalue weighted by molar-refractivity contribution is -0.144. The summed E-state index contributed by atoms with van der Waals surface area (Å²) in [7, 11) is 1.49. The van der Waals surface area contributed by atoms with Crippen molar-refractivity contribution in [1.82, 2.24) is 20.9 Å². The summed E-state index contributed by atoms with van der Waals surface area (Å²) in [6.07, 6.45) is 14.4. The summed E-state index contributed by atoms with van der Waals surface area (Å²) >= 11 is 0. The van der Waals surface area contributed by atoms with Crippen molar-refractivity contribution in [3.05, 3.63) is 47.5 Å². The molecular weight excluding hydrogens is 767 g/mol. The van der Waals surface area contributed by atoms with Gasteiger partial charge in [0.25, 0.3) is 0 Å². The third kappa shape index (κ3) is 16.0. The van der Waals surface area contributed by atoms with Crippen molar-refractivity contribution in [3.8, 4) is 22.6 Å². The molecule has 0 spiro atoms. The number of likely N-dealkylation sites (N-methyl/N-ethyl adjacent to an activating group) is 1. The van der Waals surface area contributed by atoms with Gasteiger partial charge in [0, 0.05) is 44.1 Å². The van der Waals surface area contributed by atoms with Crippen LogP contribution in [0.2, 0.25) is 0 Å². The highest BCUT2D eigenvalue weighted by Gasteiger charge is 2.36. The fraction of sp³-hybridized carbons (Fsp3) is 0.622. The first-order valence-corrected chi connectivity index (χ1v) is 22.0. The van der Waals surface area contributed by atoms with E-state index in [1.165, 1.54) is 63.8 Å². The van der Waals surface area contributed by atoms with Crippen molar-refractivity contribution in [3.63, 3.8) is 0 Å². The number of carbonyl (C=O) groups is 5. The van der Waals surface area contributed by atoms with E-state index in [0.717, 1.165) is 19.3 Å². The maximum Gasteiger partial charge on any atom is 0.326 e. The van der Waals surface area contributed by atoms with Gasteiger partial charge in [-0.1, -0.05) is 83.3 Å². The van der Waals surface area contributed by atoms with E-state index >= 15 is 0 Å². The lowest BCUT2D eigenvalue weighted by Gasteiger charge is -2.32. The van der Waals surface area contributed by atoms with Crippen molar-refractivity contribution in [2.24, 2.45) is 17.2 Å². The SMILES string of the molecule is CCCCCCCCCCCCCC(=O)NC(CCCCN)C(=O)N(C)[C@@H]1C(=O)N[C@@H](C)C(=O)N[C@H](C(=O)O)Cc2ccc(OCCN)c(c2)-c2cc1ccc2OCCN. The predicted molar refractivity (Wildman–Crippen MR) is 233 cm³/mol. The zero-order valence-electron chi connectivity index (χ0n) is 36.1. The van der Waals surface area contributed by atoms with Crippen molar-refractivity contribution in [1.29, 1.82) is 0 Å². The summed E-state index contributed by atoms with van der Waals surface area (Å²) in [5, 5.41) is 18.3. The molecule has 0 fully saturated rings. The number of rotatable bonds is 26. The molecule has 1 aliphatic rings. The Morgan fingerprint density at radius 3 is 1.95 bits per heavy atom. The number of carboxylic acid groups (broad SMARTS) is 1. The molecule has 1 unspecified atom stereocenters. The quantitative estimate of drug-likeness (QED) is 0.0652. The van der Waals surface area contributed by atoms with Crippen LogP contribution in [0.15, 0.2) is 36.4 Å². The molecule has 0 saturated carbocycles. The summed E-state index contributed by atoms with van der Waals surface area (Å²) in [6.45, 7) is 4.86. The molecule has 15 nitrogen and oxygen atoms in total. The van der Waals surface area contributed by atoms with Gasteiger partial charge in [-0.2, -0.15) is 0 Å². The minimum absolute atomic E-state index is 0.0685. The molecule has 60 heavy (non-hydrogen) atoms. The highest BCUT2D eigenvalue weighted by Crippen LogP contribution is 2.40. The van der Waals surface area contributed by atoms with Gasteiger partial charge in [0.1, 0.15) is 48.9 Å². The average Bonchev–Trinajstić information content (AvgIpc) is 3.23. The first-order chi connectivity index (χ1) is 28.9. The summed E-state index contributed by atoms with van der Waals surface area (Å²) < 4.78 is 12.1. The van der Waals surface area contributed by atoms with Crippen LogP contribution < -0.4 is 42.6 Å². The summed E-state index contributed by atoms with van der Waals surface area (Å²) in [5.74, 6) is -2.59. The second kappa shape index (κ2) is 27.2. The average molecular weight is 838 g/mol. The Morgan fingerprint density at radius 2 is 1.37 bits per heavy atom. The van der Waals surface area contributed by atoms with E-state index < -0.39 is 47.9 Å². The fourth-order valence-electron chi connectivity index (χ4n) is 7.41. The van der Waals surface area contributed by atoms with Crippen molar-refractivity contribution in [2.75, 3.05) is 39.9 Å². The first kappa shape index (κ1) is 49.6. The van der Waals surface area contributed by atoms with E-state index in [2.05, 4.69) is 22.9 Å². The van der Waals surface area contributed by atoms with Gasteiger partial charge in [-0.3, -0.25) is 19.2 Å². The molecule has 334 valence electrons. The Morgan fingerprint density at radius 1 is 0.783 bits per heavy atom. The Bertz CT molecular complexity index is 1670. The summed E-state index contributed by atoms with van der Waals surface area (Å²) in [4.78, 5) is 69.3. The minimum atomic E-state index is -1.33. The Labute approximate surface area is 356 Å². The number of ether oxygens (including phenoxy) is 2. The first-order valence-electron chi connectivity index (χ1n) is 22.0. The number of unbranched alkanes of at least 4 members (excludes halogenated alkanes) is 11. The maximum atomic E-state index is 14.5. The number of nitrogens with one attached hydrogen (secondary N) is 3. The molecule has 15 heteroatoms. The number of carbonyl (C=O) groups excluding carboxylic acids is 4. The molecule has 2 aromatic carbocycles. The predicted octanol–water partition coefficient (Wildman–Crippen LogP) is 4.47. The maximum absolute atomic E-state index is 14.5. The molecule has 1 aliphatic heterocycles. The van der Waals surface area contributed by atoms with E-state index in [1.807, 2.05) is 0 Å². The summed E-state index contributed by atoms with van der Waals surface area (Å²) in [6, 6.07) is 5.47. The van der Waals surface area contributed by atoms with Crippen LogP contribution in [0, 0.1) is 0 Å². The number of hydrogen-bond donors (Lipinski definition) is 7.